The van der Waals surface area contributed by atoms with Gasteiger partial charge in [0.2, 0.25) is 5.91 Å². The maximum Gasteiger partial charge on any atom is 0.273 e. The lowest BCUT2D eigenvalue weighted by molar-refractivity contribution is -0.136. The second kappa shape index (κ2) is 9.77. The highest BCUT2D eigenvalue weighted by Gasteiger charge is 2.40. The summed E-state index contributed by atoms with van der Waals surface area (Å²) in [4.78, 5) is 29.7. The molecule has 1 saturated heterocycles. The Balaban J connectivity index is 1.50. The Morgan fingerprint density at radius 1 is 1.12 bits per heavy atom. The van der Waals surface area contributed by atoms with Gasteiger partial charge in [0.1, 0.15) is 17.5 Å². The first kappa shape index (κ1) is 24.3. The first-order valence-corrected chi connectivity index (χ1v) is 11.5. The van der Waals surface area contributed by atoms with Gasteiger partial charge < -0.3 is 14.7 Å². The Kier molecular flexibility index (Phi) is 6.97. The van der Waals surface area contributed by atoms with Gasteiger partial charge in [0.25, 0.3) is 5.91 Å². The molecule has 1 N–H and O–H groups in total. The highest BCUT2D eigenvalue weighted by molar-refractivity contribution is 5.94. The van der Waals surface area contributed by atoms with E-state index in [9.17, 15) is 22.8 Å². The number of benzene rings is 1. The Labute approximate surface area is 196 Å². The van der Waals surface area contributed by atoms with Crippen molar-refractivity contribution in [3.05, 3.63) is 41.3 Å². The minimum Gasteiger partial charge on any atom is -0.355 e. The van der Waals surface area contributed by atoms with Crippen molar-refractivity contribution in [3.8, 4) is 11.3 Å². The van der Waals surface area contributed by atoms with Gasteiger partial charge in [-0.25, -0.2) is 13.2 Å². The van der Waals surface area contributed by atoms with Crippen LogP contribution in [0.15, 0.2) is 22.7 Å². The summed E-state index contributed by atoms with van der Waals surface area (Å²) >= 11 is 0. The highest BCUT2D eigenvalue weighted by atomic mass is 19.1. The van der Waals surface area contributed by atoms with Crippen LogP contribution < -0.4 is 5.32 Å². The van der Waals surface area contributed by atoms with Crippen molar-refractivity contribution in [2.24, 2.45) is 11.8 Å². The van der Waals surface area contributed by atoms with E-state index in [1.807, 2.05) is 0 Å². The fourth-order valence-electron chi connectivity index (χ4n) is 5.22. The Bertz CT molecular complexity index is 1050. The van der Waals surface area contributed by atoms with Crippen molar-refractivity contribution >= 4 is 11.8 Å². The molecule has 1 aliphatic heterocycles. The van der Waals surface area contributed by atoms with E-state index in [2.05, 4.69) is 22.3 Å². The average molecular weight is 479 g/mol. The molecule has 7 nitrogen and oxygen atoms in total. The molecule has 34 heavy (non-hydrogen) atoms. The van der Waals surface area contributed by atoms with E-state index in [1.165, 1.54) is 17.7 Å². The lowest BCUT2D eigenvalue weighted by Gasteiger charge is -2.42. The molecule has 1 aromatic carbocycles. The Morgan fingerprint density at radius 3 is 2.44 bits per heavy atom. The number of aromatic nitrogens is 1. The van der Waals surface area contributed by atoms with Crippen LogP contribution in [0.1, 0.15) is 43.1 Å². The number of likely N-dealkylation sites (tertiary alicyclic amines) is 1. The second-order valence-corrected chi connectivity index (χ2v) is 9.50. The summed E-state index contributed by atoms with van der Waals surface area (Å²) in [6, 6.07) is 2.17. The number of hydrogen-bond acceptors (Lipinski definition) is 5. The topological polar surface area (TPSA) is 78.7 Å². The van der Waals surface area contributed by atoms with Crippen LogP contribution >= 0.6 is 0 Å². The summed E-state index contributed by atoms with van der Waals surface area (Å²) in [5.41, 5.74) is -0.784. The van der Waals surface area contributed by atoms with E-state index in [1.54, 1.807) is 14.1 Å². The molecule has 4 rings (SSSR count). The van der Waals surface area contributed by atoms with Crippen molar-refractivity contribution in [3.63, 3.8) is 0 Å². The van der Waals surface area contributed by atoms with E-state index >= 15 is 0 Å². The standard InChI is InChI=1S/C24H29F3N4O3/c1-13-5-4-6-20(13)31-8-7-18(15(12-31)24(33)30(2)3)28-23(32)19-11-21(34-29-19)22-16(26)9-14(25)10-17(22)27/h9-11,13,15,18,20H,4-8,12H2,1-3H3,(H,28,32)/t13-,15-,18-,20+/m0/s1. The zero-order valence-corrected chi connectivity index (χ0v) is 19.5. The third kappa shape index (κ3) is 4.82. The van der Waals surface area contributed by atoms with Gasteiger partial charge in [0.05, 0.1) is 11.5 Å². The summed E-state index contributed by atoms with van der Waals surface area (Å²) in [5, 5.41) is 6.50. The zero-order chi connectivity index (χ0) is 24.6. The number of nitrogens with zero attached hydrogens (tertiary/aromatic N) is 3. The summed E-state index contributed by atoms with van der Waals surface area (Å²) in [6.45, 7) is 3.55. The van der Waals surface area contributed by atoms with Crippen LogP contribution in [0.2, 0.25) is 0 Å². The van der Waals surface area contributed by atoms with Crippen LogP contribution in [0.4, 0.5) is 13.2 Å². The molecule has 184 valence electrons. The first-order valence-electron chi connectivity index (χ1n) is 11.5. The minimum atomic E-state index is -1.16. The molecule has 1 aliphatic carbocycles. The molecular formula is C24H29F3N4O3. The molecule has 2 aromatic rings. The number of rotatable bonds is 5. The van der Waals surface area contributed by atoms with E-state index in [-0.39, 0.29) is 17.4 Å². The normalized spacial score (nSPS) is 25.4. The molecule has 1 saturated carbocycles. The molecule has 0 radical (unpaired) electrons. The Morgan fingerprint density at radius 2 is 1.82 bits per heavy atom. The van der Waals surface area contributed by atoms with Crippen LogP contribution in [-0.4, -0.2) is 66.0 Å². The van der Waals surface area contributed by atoms with Crippen molar-refractivity contribution < 1.29 is 27.3 Å². The number of amides is 2. The molecule has 10 heteroatoms. The van der Waals surface area contributed by atoms with E-state index in [0.29, 0.717) is 37.1 Å². The minimum absolute atomic E-state index is 0.0723. The molecule has 2 amide bonds. The van der Waals surface area contributed by atoms with Gasteiger partial charge in [-0.2, -0.15) is 0 Å². The predicted molar refractivity (Wildman–Crippen MR) is 118 cm³/mol. The summed E-state index contributed by atoms with van der Waals surface area (Å²) in [6.07, 6.45) is 4.06. The summed E-state index contributed by atoms with van der Waals surface area (Å²) < 4.78 is 46.3. The van der Waals surface area contributed by atoms with Gasteiger partial charge in [-0.15, -0.1) is 0 Å². The van der Waals surface area contributed by atoms with Crippen LogP contribution in [0.3, 0.4) is 0 Å². The van der Waals surface area contributed by atoms with Crippen LogP contribution in [-0.2, 0) is 4.79 Å². The van der Waals surface area contributed by atoms with E-state index in [4.69, 9.17) is 4.52 Å². The lowest BCUT2D eigenvalue weighted by atomic mass is 9.88. The van der Waals surface area contributed by atoms with Crippen LogP contribution in [0.5, 0.6) is 0 Å². The van der Waals surface area contributed by atoms with Crippen molar-refractivity contribution in [1.29, 1.82) is 0 Å². The number of carbonyl (C=O) groups excluding carboxylic acids is 2. The molecule has 0 bridgehead atoms. The van der Waals surface area contributed by atoms with Gasteiger partial charge in [-0.1, -0.05) is 18.5 Å². The average Bonchev–Trinajstić information content (AvgIpc) is 3.42. The summed E-state index contributed by atoms with van der Waals surface area (Å²) in [5.74, 6) is -4.26. The van der Waals surface area contributed by atoms with Gasteiger partial charge in [0.15, 0.2) is 11.5 Å². The third-order valence-corrected chi connectivity index (χ3v) is 7.00. The summed E-state index contributed by atoms with van der Waals surface area (Å²) in [7, 11) is 3.38. The molecule has 0 spiro atoms. The second-order valence-electron chi connectivity index (χ2n) is 9.50. The van der Waals surface area contributed by atoms with Gasteiger partial charge in [0, 0.05) is 57.5 Å². The lowest BCUT2D eigenvalue weighted by Crippen LogP contribution is -2.57. The van der Waals surface area contributed by atoms with E-state index < -0.39 is 40.9 Å². The molecule has 2 fully saturated rings. The number of hydrogen-bond donors (Lipinski definition) is 1. The smallest absolute Gasteiger partial charge is 0.273 e. The first-order chi connectivity index (χ1) is 16.2. The quantitative estimate of drug-likeness (QED) is 0.712. The molecule has 2 aliphatic rings. The largest absolute Gasteiger partial charge is 0.355 e. The van der Waals surface area contributed by atoms with Gasteiger partial charge in [-0.05, 0) is 25.2 Å². The monoisotopic (exact) mass is 478 g/mol. The van der Waals surface area contributed by atoms with E-state index in [0.717, 1.165) is 19.0 Å². The molecule has 0 unspecified atom stereocenters. The number of piperidine rings is 1. The van der Waals surface area contributed by atoms with Gasteiger partial charge >= 0.3 is 0 Å². The SMILES string of the molecule is C[C@H]1CCC[C@H]1N1CC[C@H](NC(=O)c2cc(-c3c(F)cc(F)cc3F)on2)[C@@H](C(=O)N(C)C)C1. The maximum atomic E-state index is 14.1. The fourth-order valence-corrected chi connectivity index (χ4v) is 5.22. The van der Waals surface area contributed by atoms with Gasteiger partial charge in [-0.3, -0.25) is 14.5 Å². The number of carbonyl (C=O) groups is 2. The fraction of sp³-hybridized carbons (Fsp3) is 0.542. The number of nitrogens with one attached hydrogen (secondary N) is 1. The predicted octanol–water partition coefficient (Wildman–Crippen LogP) is 3.46. The molecule has 2 heterocycles. The highest BCUT2D eigenvalue weighted by Crippen LogP contribution is 2.33. The molecular weight excluding hydrogens is 449 g/mol. The zero-order valence-electron chi connectivity index (χ0n) is 19.5. The number of halogens is 3. The van der Waals surface area contributed by atoms with Crippen LogP contribution in [0, 0.1) is 29.3 Å². The Hall–Kier alpha value is -2.88. The van der Waals surface area contributed by atoms with Crippen LogP contribution in [0.25, 0.3) is 11.3 Å². The van der Waals surface area contributed by atoms with Crippen molar-refractivity contribution in [2.45, 2.75) is 44.7 Å². The van der Waals surface area contributed by atoms with Crippen molar-refractivity contribution in [2.75, 3.05) is 27.2 Å². The molecule has 4 atom stereocenters. The van der Waals surface area contributed by atoms with Crippen molar-refractivity contribution in [1.82, 2.24) is 20.3 Å². The molecule has 1 aromatic heterocycles. The maximum absolute atomic E-state index is 14.1. The third-order valence-electron chi connectivity index (χ3n) is 7.00.